The van der Waals surface area contributed by atoms with Gasteiger partial charge >= 0.3 is 0 Å². The number of carbonyl (C=O) groups excluding carboxylic acids is 1. The number of aromatic nitrogens is 2. The Morgan fingerprint density at radius 2 is 2.11 bits per heavy atom. The van der Waals surface area contributed by atoms with Gasteiger partial charge < -0.3 is 15.5 Å². The van der Waals surface area contributed by atoms with Gasteiger partial charge in [0.2, 0.25) is 5.91 Å². The number of amides is 1. The van der Waals surface area contributed by atoms with E-state index in [0.29, 0.717) is 12.5 Å². The van der Waals surface area contributed by atoms with Gasteiger partial charge in [0.1, 0.15) is 0 Å². The van der Waals surface area contributed by atoms with E-state index in [1.54, 1.807) is 0 Å². The first-order valence-corrected chi connectivity index (χ1v) is 10.5. The van der Waals surface area contributed by atoms with Crippen LogP contribution < -0.4 is 10.6 Å². The molecule has 1 aliphatic carbocycles. The highest BCUT2D eigenvalue weighted by Crippen LogP contribution is 2.26. The third-order valence-electron chi connectivity index (χ3n) is 5.50. The first-order valence-electron chi connectivity index (χ1n) is 10.5. The number of nitrogens with one attached hydrogen (secondary N) is 2. The quantitative estimate of drug-likeness (QED) is 0.589. The summed E-state index contributed by atoms with van der Waals surface area (Å²) in [6.07, 6.45) is 10.7. The monoisotopic (exact) mass is 374 g/mol. The predicted molar refractivity (Wildman–Crippen MR) is 108 cm³/mol. The van der Waals surface area contributed by atoms with Crippen LogP contribution in [0.15, 0.2) is 17.4 Å². The minimum atomic E-state index is 0.261. The molecule has 1 aliphatic heterocycles. The molecule has 27 heavy (non-hydrogen) atoms. The van der Waals surface area contributed by atoms with Crippen LogP contribution in [0, 0.1) is 12.8 Å². The average molecular weight is 375 g/mol. The third-order valence-corrected chi connectivity index (χ3v) is 5.50. The third kappa shape index (κ3) is 5.71. The van der Waals surface area contributed by atoms with E-state index in [0.717, 1.165) is 57.0 Å². The van der Waals surface area contributed by atoms with Gasteiger partial charge in [0.05, 0.1) is 19.3 Å². The van der Waals surface area contributed by atoms with Crippen molar-refractivity contribution >= 4 is 11.9 Å². The second-order valence-electron chi connectivity index (χ2n) is 7.79. The molecule has 0 aromatic carbocycles. The molecular formula is C20H34N6O. The Morgan fingerprint density at radius 3 is 2.81 bits per heavy atom. The number of guanidine groups is 1. The van der Waals surface area contributed by atoms with Gasteiger partial charge in [-0.25, -0.2) is 0 Å². The Morgan fingerprint density at radius 1 is 1.30 bits per heavy atom. The molecule has 1 aromatic heterocycles. The van der Waals surface area contributed by atoms with E-state index in [1.165, 1.54) is 19.3 Å². The maximum Gasteiger partial charge on any atom is 0.225 e. The van der Waals surface area contributed by atoms with Gasteiger partial charge in [-0.05, 0) is 38.7 Å². The van der Waals surface area contributed by atoms with Gasteiger partial charge in [0.25, 0.3) is 0 Å². The smallest absolute Gasteiger partial charge is 0.225 e. The Hall–Kier alpha value is -2.05. The van der Waals surface area contributed by atoms with Crippen LogP contribution in [-0.2, 0) is 11.3 Å². The Kier molecular flexibility index (Phi) is 7.12. The van der Waals surface area contributed by atoms with Crippen LogP contribution in [0.1, 0.15) is 51.0 Å². The highest BCUT2D eigenvalue weighted by molar-refractivity contribution is 5.81. The molecule has 0 spiro atoms. The van der Waals surface area contributed by atoms with Gasteiger partial charge in [-0.1, -0.05) is 19.3 Å². The van der Waals surface area contributed by atoms with Crippen molar-refractivity contribution in [2.24, 2.45) is 10.9 Å². The summed E-state index contributed by atoms with van der Waals surface area (Å²) < 4.78 is 1.92. The van der Waals surface area contributed by atoms with Gasteiger partial charge in [-0.3, -0.25) is 14.5 Å². The van der Waals surface area contributed by atoms with Crippen molar-refractivity contribution in [3.05, 3.63) is 18.0 Å². The average Bonchev–Trinajstić information content (AvgIpc) is 3.31. The summed E-state index contributed by atoms with van der Waals surface area (Å²) in [6, 6.07) is 0.280. The van der Waals surface area contributed by atoms with E-state index in [4.69, 9.17) is 0 Å². The number of likely N-dealkylation sites (tertiary alicyclic amines) is 1. The molecule has 2 heterocycles. The SMILES string of the molecule is CCNC(=NCCn1cc(C)cn1)NC1CCN(C(=O)C2CCCCC2)C1. The van der Waals surface area contributed by atoms with E-state index < -0.39 is 0 Å². The molecule has 0 bridgehead atoms. The van der Waals surface area contributed by atoms with E-state index in [2.05, 4.69) is 32.5 Å². The molecule has 1 saturated carbocycles. The Bertz CT molecular complexity index is 634. The summed E-state index contributed by atoms with van der Waals surface area (Å²) in [5.41, 5.74) is 1.16. The van der Waals surface area contributed by atoms with Crippen LogP contribution in [0.3, 0.4) is 0 Å². The van der Waals surface area contributed by atoms with Crippen molar-refractivity contribution in [2.45, 2.75) is 65.0 Å². The topological polar surface area (TPSA) is 74.6 Å². The number of hydrogen-bond acceptors (Lipinski definition) is 3. The standard InChI is InChI=1S/C20H34N6O/c1-3-21-20(22-10-12-26-14-16(2)13-23-26)24-18-9-11-25(15-18)19(27)17-7-5-4-6-8-17/h13-14,17-18H,3-12,15H2,1-2H3,(H2,21,22,24). The van der Waals surface area contributed by atoms with Crippen molar-refractivity contribution in [1.29, 1.82) is 0 Å². The lowest BCUT2D eigenvalue weighted by Crippen LogP contribution is -2.45. The molecule has 2 fully saturated rings. The van der Waals surface area contributed by atoms with Crippen molar-refractivity contribution in [1.82, 2.24) is 25.3 Å². The molecule has 1 atom stereocenters. The zero-order valence-corrected chi connectivity index (χ0v) is 16.8. The normalized spacial score (nSPS) is 21.5. The molecule has 7 heteroatoms. The van der Waals surface area contributed by atoms with E-state index in [1.807, 2.05) is 24.0 Å². The molecule has 1 saturated heterocycles. The van der Waals surface area contributed by atoms with E-state index >= 15 is 0 Å². The van der Waals surface area contributed by atoms with Crippen LogP contribution in [0.25, 0.3) is 0 Å². The van der Waals surface area contributed by atoms with Crippen LogP contribution >= 0.6 is 0 Å². The highest BCUT2D eigenvalue weighted by atomic mass is 16.2. The predicted octanol–water partition coefficient (Wildman–Crippen LogP) is 1.93. The molecule has 1 amide bonds. The molecule has 1 aromatic rings. The molecule has 150 valence electrons. The first-order chi connectivity index (χ1) is 13.2. The number of rotatable bonds is 6. The lowest BCUT2D eigenvalue weighted by molar-refractivity contribution is -0.135. The second-order valence-corrected chi connectivity index (χ2v) is 7.79. The van der Waals surface area contributed by atoms with Crippen molar-refractivity contribution in [3.63, 3.8) is 0 Å². The van der Waals surface area contributed by atoms with Gasteiger partial charge in [0.15, 0.2) is 5.96 Å². The summed E-state index contributed by atoms with van der Waals surface area (Å²) in [5.74, 6) is 1.46. The van der Waals surface area contributed by atoms with Crippen molar-refractivity contribution in [3.8, 4) is 0 Å². The number of nitrogens with zero attached hydrogens (tertiary/aromatic N) is 4. The summed E-state index contributed by atoms with van der Waals surface area (Å²) in [4.78, 5) is 19.5. The fraction of sp³-hybridized carbons (Fsp3) is 0.750. The van der Waals surface area contributed by atoms with Crippen molar-refractivity contribution in [2.75, 3.05) is 26.2 Å². The van der Waals surface area contributed by atoms with E-state index in [-0.39, 0.29) is 12.0 Å². The maximum absolute atomic E-state index is 12.7. The zero-order valence-electron chi connectivity index (χ0n) is 16.8. The van der Waals surface area contributed by atoms with Crippen LogP contribution in [0.2, 0.25) is 0 Å². The summed E-state index contributed by atoms with van der Waals surface area (Å²) in [6.45, 7) is 8.02. The van der Waals surface area contributed by atoms with Gasteiger partial charge in [0, 0.05) is 37.8 Å². The fourth-order valence-electron chi connectivity index (χ4n) is 4.05. The van der Waals surface area contributed by atoms with E-state index in [9.17, 15) is 4.79 Å². The summed E-state index contributed by atoms with van der Waals surface area (Å²) in [5, 5.41) is 11.1. The molecule has 0 radical (unpaired) electrons. The number of hydrogen-bond donors (Lipinski definition) is 2. The van der Waals surface area contributed by atoms with Crippen LogP contribution in [-0.4, -0.2) is 58.8 Å². The maximum atomic E-state index is 12.7. The number of aliphatic imine (C=N–C) groups is 1. The fourth-order valence-corrected chi connectivity index (χ4v) is 4.05. The largest absolute Gasteiger partial charge is 0.357 e. The van der Waals surface area contributed by atoms with Crippen molar-refractivity contribution < 1.29 is 4.79 Å². The number of aryl methyl sites for hydroxylation is 1. The first kappa shape index (κ1) is 19.7. The minimum absolute atomic E-state index is 0.261. The van der Waals surface area contributed by atoms with Gasteiger partial charge in [-0.15, -0.1) is 0 Å². The summed E-state index contributed by atoms with van der Waals surface area (Å²) >= 11 is 0. The second kappa shape index (κ2) is 9.76. The Balaban J connectivity index is 1.47. The number of carbonyl (C=O) groups is 1. The van der Waals surface area contributed by atoms with Crippen LogP contribution in [0.5, 0.6) is 0 Å². The molecule has 2 N–H and O–H groups in total. The lowest BCUT2D eigenvalue weighted by atomic mass is 9.88. The molecule has 1 unspecified atom stereocenters. The van der Waals surface area contributed by atoms with Crippen LogP contribution in [0.4, 0.5) is 0 Å². The lowest BCUT2D eigenvalue weighted by Gasteiger charge is -2.26. The molecule has 7 nitrogen and oxygen atoms in total. The molecule has 2 aliphatic rings. The highest BCUT2D eigenvalue weighted by Gasteiger charge is 2.31. The Labute approximate surface area is 162 Å². The molecular weight excluding hydrogens is 340 g/mol. The van der Waals surface area contributed by atoms with Gasteiger partial charge in [-0.2, -0.15) is 5.10 Å². The summed E-state index contributed by atoms with van der Waals surface area (Å²) in [7, 11) is 0. The molecule has 3 rings (SSSR count). The zero-order chi connectivity index (χ0) is 19.1. The minimum Gasteiger partial charge on any atom is -0.357 e.